The summed E-state index contributed by atoms with van der Waals surface area (Å²) in [6, 6.07) is 15.6. The molecule has 0 aliphatic carbocycles. The van der Waals surface area contributed by atoms with E-state index in [4.69, 9.17) is 10.9 Å². The summed E-state index contributed by atoms with van der Waals surface area (Å²) in [4.78, 5) is 4.38. The lowest BCUT2D eigenvalue weighted by Crippen LogP contribution is -2.04. The van der Waals surface area contributed by atoms with Crippen molar-refractivity contribution in [3.8, 4) is 11.1 Å². The molecule has 0 amide bonds. The van der Waals surface area contributed by atoms with Crippen molar-refractivity contribution in [3.05, 3.63) is 48.5 Å². The van der Waals surface area contributed by atoms with Crippen molar-refractivity contribution in [2.45, 2.75) is 13.8 Å². The minimum Gasteiger partial charge on any atom is -0.411 e. The van der Waals surface area contributed by atoms with Crippen molar-refractivity contribution in [1.29, 1.82) is 0 Å². The van der Waals surface area contributed by atoms with Gasteiger partial charge in [-0.05, 0) is 49.2 Å². The highest BCUT2D eigenvalue weighted by atomic mass is 16.4. The molecule has 3 N–H and O–H groups in total. The first-order chi connectivity index (χ1) is 9.60. The van der Waals surface area contributed by atoms with Gasteiger partial charge in [0, 0.05) is 5.69 Å². The van der Waals surface area contributed by atoms with Crippen LogP contribution in [0.5, 0.6) is 0 Å². The second-order valence-electron chi connectivity index (χ2n) is 4.55. The van der Waals surface area contributed by atoms with E-state index in [2.05, 4.69) is 10.1 Å². The maximum absolute atomic E-state index is 8.70. The van der Waals surface area contributed by atoms with E-state index in [1.807, 2.05) is 55.5 Å². The number of benzene rings is 2. The number of nitrogens with zero attached hydrogens (tertiary/aromatic N) is 2. The van der Waals surface area contributed by atoms with Gasteiger partial charge in [-0.15, -0.1) is 0 Å². The fraction of sp³-hybridized carbons (Fsp3) is 0.125. The maximum atomic E-state index is 8.70. The third-order valence-corrected chi connectivity index (χ3v) is 3.08. The molecule has 0 unspecified atom stereocenters. The monoisotopic (exact) mass is 267 g/mol. The van der Waals surface area contributed by atoms with Crippen molar-refractivity contribution in [2.24, 2.45) is 10.1 Å². The Bertz CT molecular complexity index is 640. The Morgan fingerprint density at radius 3 is 1.85 bits per heavy atom. The van der Waals surface area contributed by atoms with E-state index in [1.165, 1.54) is 0 Å². The van der Waals surface area contributed by atoms with Crippen molar-refractivity contribution in [1.82, 2.24) is 0 Å². The van der Waals surface area contributed by atoms with Crippen LogP contribution in [0, 0.1) is 0 Å². The van der Waals surface area contributed by atoms with Gasteiger partial charge >= 0.3 is 0 Å². The van der Waals surface area contributed by atoms with Gasteiger partial charge in [-0.25, -0.2) is 0 Å². The van der Waals surface area contributed by atoms with Crippen LogP contribution < -0.4 is 5.73 Å². The summed E-state index contributed by atoms with van der Waals surface area (Å²) >= 11 is 0. The van der Waals surface area contributed by atoms with Gasteiger partial charge in [0.05, 0.1) is 17.1 Å². The molecule has 4 heteroatoms. The van der Waals surface area contributed by atoms with Crippen LogP contribution in [-0.4, -0.2) is 16.6 Å². The van der Waals surface area contributed by atoms with Crippen molar-refractivity contribution >= 4 is 22.8 Å². The number of aliphatic imine (C=N–C) groups is 1. The average Bonchev–Trinajstić information content (AvgIpc) is 2.48. The van der Waals surface area contributed by atoms with Crippen LogP contribution in [0.1, 0.15) is 13.8 Å². The van der Waals surface area contributed by atoms with E-state index < -0.39 is 0 Å². The van der Waals surface area contributed by atoms with E-state index in [1.54, 1.807) is 6.92 Å². The fourth-order valence-corrected chi connectivity index (χ4v) is 1.75. The Hall–Kier alpha value is -2.62. The van der Waals surface area contributed by atoms with Gasteiger partial charge < -0.3 is 10.9 Å². The summed E-state index contributed by atoms with van der Waals surface area (Å²) in [5.41, 5.74) is 10.7. The predicted octanol–water partition coefficient (Wildman–Crippen LogP) is 3.88. The van der Waals surface area contributed by atoms with Crippen LogP contribution >= 0.6 is 0 Å². The molecule has 0 radical (unpaired) electrons. The minimum absolute atomic E-state index is 0.507. The Balaban J connectivity index is 2.24. The molecule has 0 aliphatic heterocycles. The molecule has 0 heterocycles. The first kappa shape index (κ1) is 13.8. The summed E-state index contributed by atoms with van der Waals surface area (Å²) in [6.07, 6.45) is 0. The molecule has 20 heavy (non-hydrogen) atoms. The average molecular weight is 267 g/mol. The Morgan fingerprint density at radius 2 is 1.35 bits per heavy atom. The summed E-state index contributed by atoms with van der Waals surface area (Å²) in [5, 5.41) is 11.8. The molecule has 0 aromatic heterocycles. The van der Waals surface area contributed by atoms with Gasteiger partial charge in [0.15, 0.2) is 0 Å². The molecular formula is C16H17N3O. The van der Waals surface area contributed by atoms with Gasteiger partial charge in [0.2, 0.25) is 0 Å². The zero-order chi connectivity index (χ0) is 14.5. The number of rotatable bonds is 3. The van der Waals surface area contributed by atoms with Crippen molar-refractivity contribution in [2.75, 3.05) is 5.73 Å². The normalized spacial score (nSPS) is 12.5. The first-order valence-electron chi connectivity index (χ1n) is 6.30. The third kappa shape index (κ3) is 3.23. The second-order valence-corrected chi connectivity index (χ2v) is 4.55. The Morgan fingerprint density at radius 1 is 0.850 bits per heavy atom. The standard InChI is InChI=1S/C16H17N3O/c1-11(12(2)19-20)18-16-9-5-14(6-10-16)13-3-7-15(17)8-4-13/h3-10,20H,17H2,1-2H3. The molecule has 102 valence electrons. The van der Waals surface area contributed by atoms with E-state index in [9.17, 15) is 0 Å². The molecule has 4 nitrogen and oxygen atoms in total. The van der Waals surface area contributed by atoms with Gasteiger partial charge in [-0.2, -0.15) is 0 Å². The zero-order valence-corrected chi connectivity index (χ0v) is 11.5. The minimum atomic E-state index is 0.507. The smallest absolute Gasteiger partial charge is 0.0976 e. The van der Waals surface area contributed by atoms with Crippen LogP contribution in [0.15, 0.2) is 58.7 Å². The lowest BCUT2D eigenvalue weighted by molar-refractivity contribution is 0.320. The Kier molecular flexibility index (Phi) is 4.15. The van der Waals surface area contributed by atoms with Crippen LogP contribution in [0.4, 0.5) is 11.4 Å². The van der Waals surface area contributed by atoms with E-state index >= 15 is 0 Å². The molecule has 0 fully saturated rings. The Labute approximate surface area is 118 Å². The van der Waals surface area contributed by atoms with Gasteiger partial charge in [-0.1, -0.05) is 29.4 Å². The number of hydrogen-bond donors (Lipinski definition) is 2. The summed E-state index contributed by atoms with van der Waals surface area (Å²) in [6.45, 7) is 3.52. The quantitative estimate of drug-likeness (QED) is 0.383. The van der Waals surface area contributed by atoms with Crippen LogP contribution in [-0.2, 0) is 0 Å². The van der Waals surface area contributed by atoms with Crippen LogP contribution in [0.3, 0.4) is 0 Å². The summed E-state index contributed by atoms with van der Waals surface area (Å²) < 4.78 is 0. The number of nitrogens with two attached hydrogens (primary N) is 1. The van der Waals surface area contributed by atoms with E-state index in [0.717, 1.165) is 22.5 Å². The van der Waals surface area contributed by atoms with Gasteiger partial charge in [0.25, 0.3) is 0 Å². The number of hydrogen-bond acceptors (Lipinski definition) is 4. The molecule has 0 bridgehead atoms. The SMILES string of the molecule is CC(=NO)C(C)=Nc1ccc(-c2ccc(N)cc2)cc1. The predicted molar refractivity (Wildman–Crippen MR) is 84.0 cm³/mol. The lowest BCUT2D eigenvalue weighted by Gasteiger charge is -2.03. The zero-order valence-electron chi connectivity index (χ0n) is 11.5. The van der Waals surface area contributed by atoms with E-state index in [-0.39, 0.29) is 0 Å². The first-order valence-corrected chi connectivity index (χ1v) is 6.30. The number of anilines is 1. The summed E-state index contributed by atoms with van der Waals surface area (Å²) in [7, 11) is 0. The van der Waals surface area contributed by atoms with Crippen molar-refractivity contribution in [3.63, 3.8) is 0 Å². The highest BCUT2D eigenvalue weighted by molar-refractivity contribution is 6.40. The molecule has 0 spiro atoms. The molecule has 2 aromatic carbocycles. The molecule has 0 aliphatic rings. The second kappa shape index (κ2) is 6.02. The molecular weight excluding hydrogens is 250 g/mol. The number of oxime groups is 1. The lowest BCUT2D eigenvalue weighted by atomic mass is 10.1. The highest BCUT2D eigenvalue weighted by Crippen LogP contribution is 2.23. The fourth-order valence-electron chi connectivity index (χ4n) is 1.75. The summed E-state index contributed by atoms with van der Waals surface area (Å²) in [5.74, 6) is 0. The molecule has 0 saturated heterocycles. The molecule has 2 aromatic rings. The molecule has 0 atom stereocenters. The maximum Gasteiger partial charge on any atom is 0.0976 e. The van der Waals surface area contributed by atoms with Crippen molar-refractivity contribution < 1.29 is 5.21 Å². The molecule has 0 saturated carbocycles. The largest absolute Gasteiger partial charge is 0.411 e. The highest BCUT2D eigenvalue weighted by Gasteiger charge is 2.00. The van der Waals surface area contributed by atoms with E-state index in [0.29, 0.717) is 11.4 Å². The van der Waals surface area contributed by atoms with Crippen LogP contribution in [0.2, 0.25) is 0 Å². The van der Waals surface area contributed by atoms with Crippen LogP contribution in [0.25, 0.3) is 11.1 Å². The van der Waals surface area contributed by atoms with Gasteiger partial charge in [0.1, 0.15) is 0 Å². The topological polar surface area (TPSA) is 71.0 Å². The number of nitrogen functional groups attached to an aromatic ring is 1. The van der Waals surface area contributed by atoms with Gasteiger partial charge in [-0.3, -0.25) is 4.99 Å². The molecule has 2 rings (SSSR count). The third-order valence-electron chi connectivity index (χ3n) is 3.08.